The number of fused-ring (bicyclic) bond motifs is 2. The van der Waals surface area contributed by atoms with Crippen LogP contribution in [0.3, 0.4) is 0 Å². The minimum atomic E-state index is -0.124. The number of furan rings is 1. The fourth-order valence-corrected chi connectivity index (χ4v) is 2.80. The summed E-state index contributed by atoms with van der Waals surface area (Å²) in [4.78, 5) is 18.7. The zero-order valence-corrected chi connectivity index (χ0v) is 13.3. The van der Waals surface area contributed by atoms with E-state index in [0.717, 1.165) is 27.6 Å². The first-order chi connectivity index (χ1) is 11.7. The zero-order valence-electron chi connectivity index (χ0n) is 13.3. The third-order valence-electron chi connectivity index (χ3n) is 4.03. The maximum atomic E-state index is 12.6. The Morgan fingerprint density at radius 2 is 1.75 bits per heavy atom. The highest BCUT2D eigenvalue weighted by Gasteiger charge is 2.15. The molecule has 0 saturated carbocycles. The minimum Gasteiger partial charge on any atom is -0.459 e. The number of para-hydroxylation sites is 2. The second-order valence-electron chi connectivity index (χ2n) is 5.80. The normalized spacial score (nSPS) is 11.0. The number of carbonyl (C=O) groups is 1. The summed E-state index contributed by atoms with van der Waals surface area (Å²) in [6.45, 7) is 0.405. The van der Waals surface area contributed by atoms with Crippen molar-refractivity contribution in [2.24, 2.45) is 0 Å². The van der Waals surface area contributed by atoms with Gasteiger partial charge in [0.05, 0.1) is 12.1 Å². The molecule has 0 aliphatic rings. The van der Waals surface area contributed by atoms with Crippen molar-refractivity contribution in [3.05, 3.63) is 78.2 Å². The predicted molar refractivity (Wildman–Crippen MR) is 93.8 cm³/mol. The molecule has 0 atom stereocenters. The second kappa shape index (κ2) is 5.81. The van der Waals surface area contributed by atoms with E-state index in [1.54, 1.807) is 18.0 Å². The Hall–Kier alpha value is -3.14. The van der Waals surface area contributed by atoms with Gasteiger partial charge in [-0.3, -0.25) is 4.79 Å². The van der Waals surface area contributed by atoms with E-state index in [2.05, 4.69) is 4.98 Å². The lowest BCUT2D eigenvalue weighted by Crippen LogP contribution is -2.26. The maximum absolute atomic E-state index is 12.6. The van der Waals surface area contributed by atoms with Gasteiger partial charge in [0.1, 0.15) is 17.0 Å². The molecule has 4 nitrogen and oxygen atoms in total. The number of pyridine rings is 1. The smallest absolute Gasteiger partial charge is 0.272 e. The van der Waals surface area contributed by atoms with E-state index in [0.29, 0.717) is 12.2 Å². The average molecular weight is 316 g/mol. The second-order valence-corrected chi connectivity index (χ2v) is 5.80. The topological polar surface area (TPSA) is 46.3 Å². The highest BCUT2D eigenvalue weighted by atomic mass is 16.3. The Balaban J connectivity index is 1.58. The molecule has 0 aliphatic carbocycles. The Kier molecular flexibility index (Phi) is 3.50. The van der Waals surface area contributed by atoms with Crippen LogP contribution >= 0.6 is 0 Å². The van der Waals surface area contributed by atoms with E-state index in [-0.39, 0.29) is 5.91 Å². The molecule has 0 N–H and O–H groups in total. The number of hydrogen-bond donors (Lipinski definition) is 0. The molecule has 118 valence electrons. The fourth-order valence-electron chi connectivity index (χ4n) is 2.80. The number of amides is 1. The molecule has 0 radical (unpaired) electrons. The number of carbonyl (C=O) groups excluding carboxylic acids is 1. The Labute approximate surface area is 139 Å². The third kappa shape index (κ3) is 2.63. The van der Waals surface area contributed by atoms with Gasteiger partial charge in [0, 0.05) is 17.8 Å². The van der Waals surface area contributed by atoms with Crippen molar-refractivity contribution in [2.45, 2.75) is 6.54 Å². The zero-order chi connectivity index (χ0) is 16.5. The molecule has 2 aromatic heterocycles. The highest BCUT2D eigenvalue weighted by molar-refractivity contribution is 5.94. The average Bonchev–Trinajstić information content (AvgIpc) is 3.02. The van der Waals surface area contributed by atoms with Gasteiger partial charge in [-0.05, 0) is 24.3 Å². The van der Waals surface area contributed by atoms with Crippen LogP contribution in [0.15, 0.2) is 71.1 Å². The van der Waals surface area contributed by atoms with Crippen molar-refractivity contribution in [3.63, 3.8) is 0 Å². The molecule has 0 bridgehead atoms. The molecule has 0 fully saturated rings. The van der Waals surface area contributed by atoms with E-state index in [9.17, 15) is 4.79 Å². The molecule has 0 aliphatic heterocycles. The largest absolute Gasteiger partial charge is 0.459 e. The van der Waals surface area contributed by atoms with Gasteiger partial charge < -0.3 is 9.32 Å². The van der Waals surface area contributed by atoms with Crippen molar-refractivity contribution in [1.29, 1.82) is 0 Å². The van der Waals surface area contributed by atoms with Gasteiger partial charge in [-0.15, -0.1) is 0 Å². The SMILES string of the molecule is CN(Cc1cc2ccccc2o1)C(=O)c1ccc2ccccc2n1. The first-order valence-corrected chi connectivity index (χ1v) is 7.79. The summed E-state index contributed by atoms with van der Waals surface area (Å²) < 4.78 is 5.78. The Morgan fingerprint density at radius 3 is 2.58 bits per heavy atom. The molecule has 0 spiro atoms. The van der Waals surface area contributed by atoms with Crippen molar-refractivity contribution < 1.29 is 9.21 Å². The number of hydrogen-bond acceptors (Lipinski definition) is 3. The molecule has 24 heavy (non-hydrogen) atoms. The lowest BCUT2D eigenvalue weighted by atomic mass is 10.2. The number of nitrogens with zero attached hydrogens (tertiary/aromatic N) is 2. The van der Waals surface area contributed by atoms with Crippen LogP contribution in [0.1, 0.15) is 16.2 Å². The molecular weight excluding hydrogens is 300 g/mol. The molecule has 4 aromatic rings. The van der Waals surface area contributed by atoms with Crippen LogP contribution in [0.4, 0.5) is 0 Å². The van der Waals surface area contributed by atoms with Gasteiger partial charge in [0.15, 0.2) is 0 Å². The van der Waals surface area contributed by atoms with Gasteiger partial charge >= 0.3 is 0 Å². The van der Waals surface area contributed by atoms with Gasteiger partial charge in [0.25, 0.3) is 5.91 Å². The molecular formula is C20H16N2O2. The van der Waals surface area contributed by atoms with Crippen molar-refractivity contribution >= 4 is 27.8 Å². The first-order valence-electron chi connectivity index (χ1n) is 7.79. The first kappa shape index (κ1) is 14.5. The van der Waals surface area contributed by atoms with Crippen molar-refractivity contribution in [3.8, 4) is 0 Å². The van der Waals surface area contributed by atoms with Crippen LogP contribution in [-0.4, -0.2) is 22.8 Å². The number of benzene rings is 2. The van der Waals surface area contributed by atoms with Crippen molar-refractivity contribution in [2.75, 3.05) is 7.05 Å². The summed E-state index contributed by atoms with van der Waals surface area (Å²) in [5, 5.41) is 2.06. The van der Waals surface area contributed by atoms with E-state index < -0.39 is 0 Å². The molecule has 4 rings (SSSR count). The van der Waals surface area contributed by atoms with E-state index in [1.165, 1.54) is 0 Å². The molecule has 4 heteroatoms. The van der Waals surface area contributed by atoms with E-state index in [1.807, 2.05) is 60.7 Å². The van der Waals surface area contributed by atoms with Crippen LogP contribution in [0.5, 0.6) is 0 Å². The molecule has 0 unspecified atom stereocenters. The summed E-state index contributed by atoms with van der Waals surface area (Å²) >= 11 is 0. The summed E-state index contributed by atoms with van der Waals surface area (Å²) in [5.41, 5.74) is 2.09. The van der Waals surface area contributed by atoms with Gasteiger partial charge in [0.2, 0.25) is 0 Å². The summed E-state index contributed by atoms with van der Waals surface area (Å²) in [6, 6.07) is 21.2. The van der Waals surface area contributed by atoms with Gasteiger partial charge in [-0.2, -0.15) is 0 Å². The van der Waals surface area contributed by atoms with Crippen LogP contribution in [-0.2, 0) is 6.54 Å². The van der Waals surface area contributed by atoms with Crippen LogP contribution in [0.2, 0.25) is 0 Å². The predicted octanol–water partition coefficient (Wildman–Crippen LogP) is 4.25. The minimum absolute atomic E-state index is 0.124. The molecule has 2 aromatic carbocycles. The Bertz CT molecular complexity index is 1000. The quantitative estimate of drug-likeness (QED) is 0.567. The maximum Gasteiger partial charge on any atom is 0.272 e. The van der Waals surface area contributed by atoms with Crippen LogP contribution in [0.25, 0.3) is 21.9 Å². The third-order valence-corrected chi connectivity index (χ3v) is 4.03. The highest BCUT2D eigenvalue weighted by Crippen LogP contribution is 2.20. The van der Waals surface area contributed by atoms with Crippen LogP contribution < -0.4 is 0 Å². The van der Waals surface area contributed by atoms with Gasteiger partial charge in [-0.1, -0.05) is 42.5 Å². The summed E-state index contributed by atoms with van der Waals surface area (Å²) in [5.74, 6) is 0.633. The summed E-state index contributed by atoms with van der Waals surface area (Å²) in [7, 11) is 1.76. The summed E-state index contributed by atoms with van der Waals surface area (Å²) in [6.07, 6.45) is 0. The monoisotopic (exact) mass is 316 g/mol. The molecule has 0 saturated heterocycles. The number of rotatable bonds is 3. The van der Waals surface area contributed by atoms with Gasteiger partial charge in [-0.25, -0.2) is 4.98 Å². The standard InChI is InChI=1S/C20H16N2O2/c1-22(13-16-12-15-7-3-5-9-19(15)24-16)20(23)18-11-10-14-6-2-4-8-17(14)21-18/h2-12H,13H2,1H3. The van der Waals surface area contributed by atoms with E-state index >= 15 is 0 Å². The van der Waals surface area contributed by atoms with E-state index in [4.69, 9.17) is 4.42 Å². The molecule has 1 amide bonds. The fraction of sp³-hybridized carbons (Fsp3) is 0.100. The lowest BCUT2D eigenvalue weighted by Gasteiger charge is -2.15. The Morgan fingerprint density at radius 1 is 1.00 bits per heavy atom. The molecule has 2 heterocycles. The van der Waals surface area contributed by atoms with Crippen LogP contribution in [0, 0.1) is 0 Å². The lowest BCUT2D eigenvalue weighted by molar-refractivity contribution is 0.0771. The number of aromatic nitrogens is 1. The van der Waals surface area contributed by atoms with Crippen molar-refractivity contribution in [1.82, 2.24) is 9.88 Å².